The second-order valence-electron chi connectivity index (χ2n) is 6.32. The summed E-state index contributed by atoms with van der Waals surface area (Å²) in [4.78, 5) is 19.1. The number of aliphatic hydroxyl groups is 3. The molecular formula is C15H14F2N4O5. The summed E-state index contributed by atoms with van der Waals surface area (Å²) >= 11 is 0. The molecule has 1 saturated heterocycles. The number of rotatable bonds is 2. The second-order valence-corrected chi connectivity index (χ2v) is 6.32. The van der Waals surface area contributed by atoms with Crippen LogP contribution in [0.5, 0.6) is 0 Å². The van der Waals surface area contributed by atoms with Gasteiger partial charge in [-0.05, 0) is 6.92 Å². The highest BCUT2D eigenvalue weighted by Crippen LogP contribution is 2.44. The number of nitrogens with one attached hydrogen (secondary N) is 1. The van der Waals surface area contributed by atoms with Crippen molar-refractivity contribution in [2.24, 2.45) is 4.99 Å². The number of hydrogen-bond donors (Lipinski definition) is 4. The fourth-order valence-corrected chi connectivity index (χ4v) is 3.29. The third kappa shape index (κ3) is 2.11. The van der Waals surface area contributed by atoms with Gasteiger partial charge in [0.05, 0.1) is 18.3 Å². The Morgan fingerprint density at radius 3 is 2.81 bits per heavy atom. The fraction of sp³-hybridized carbons (Fsp3) is 0.400. The SMILES string of the molecule is C[C@@]1(O)[C@H](O)[C@@H](CO)O[C@H]1n1cc2c(F)c(F)c(=O)nc3c2c1N=CN3. The smallest absolute Gasteiger partial charge is 0.310 e. The van der Waals surface area contributed by atoms with Gasteiger partial charge in [-0.2, -0.15) is 9.37 Å². The number of ether oxygens (including phenoxy) is 1. The van der Waals surface area contributed by atoms with E-state index < -0.39 is 47.8 Å². The molecule has 138 valence electrons. The molecule has 0 aromatic carbocycles. The molecule has 0 saturated carbocycles. The van der Waals surface area contributed by atoms with Gasteiger partial charge < -0.3 is 29.9 Å². The molecule has 2 aliphatic heterocycles. The molecule has 1 fully saturated rings. The number of aromatic nitrogens is 2. The van der Waals surface area contributed by atoms with E-state index in [2.05, 4.69) is 15.3 Å². The Bertz CT molecular complexity index is 1010. The molecular weight excluding hydrogens is 354 g/mol. The number of halogens is 2. The first-order chi connectivity index (χ1) is 12.3. The average molecular weight is 368 g/mol. The van der Waals surface area contributed by atoms with Crippen molar-refractivity contribution in [3.63, 3.8) is 0 Å². The van der Waals surface area contributed by atoms with Crippen molar-refractivity contribution in [1.29, 1.82) is 0 Å². The van der Waals surface area contributed by atoms with Gasteiger partial charge in [0, 0.05) is 11.6 Å². The Labute approximate surface area is 144 Å². The molecule has 0 bridgehead atoms. The normalized spacial score (nSPS) is 30.0. The standard InChI is InChI=1S/C15H14F2N4O5/c1-15(25)10(23)6(3-22)26-14(15)21-2-5-7-11(18-4-19-12(7)21)20-13(24)9(17)8(5)16/h2,4,6,10,14,22-23,25H,3H2,1H3,(H,18,19,20,24)/t6-,10-,14-,15-/m1/s1. The van der Waals surface area contributed by atoms with Crippen LogP contribution in [0.3, 0.4) is 0 Å². The Kier molecular flexibility index (Phi) is 3.60. The largest absolute Gasteiger partial charge is 0.394 e. The number of nitrogens with zero attached hydrogens (tertiary/aromatic N) is 3. The van der Waals surface area contributed by atoms with E-state index in [0.29, 0.717) is 0 Å². The van der Waals surface area contributed by atoms with Crippen LogP contribution in [0.1, 0.15) is 13.2 Å². The Balaban J connectivity index is 2.01. The summed E-state index contributed by atoms with van der Waals surface area (Å²) in [5.41, 5.74) is -3.22. The lowest BCUT2D eigenvalue weighted by Crippen LogP contribution is -2.44. The zero-order chi connectivity index (χ0) is 18.8. The van der Waals surface area contributed by atoms with E-state index in [4.69, 9.17) is 4.74 Å². The highest BCUT2D eigenvalue weighted by Gasteiger charge is 2.53. The monoisotopic (exact) mass is 368 g/mol. The van der Waals surface area contributed by atoms with Gasteiger partial charge in [-0.25, -0.2) is 9.38 Å². The topological polar surface area (TPSA) is 129 Å². The zero-order valence-corrected chi connectivity index (χ0v) is 13.3. The second kappa shape index (κ2) is 5.51. The predicted molar refractivity (Wildman–Crippen MR) is 85.3 cm³/mol. The summed E-state index contributed by atoms with van der Waals surface area (Å²) in [6.45, 7) is 0.727. The lowest BCUT2D eigenvalue weighted by molar-refractivity contribution is -0.0955. The van der Waals surface area contributed by atoms with Crippen molar-refractivity contribution in [2.75, 3.05) is 11.9 Å². The van der Waals surface area contributed by atoms with Crippen molar-refractivity contribution in [2.45, 2.75) is 31.0 Å². The zero-order valence-electron chi connectivity index (χ0n) is 13.3. The van der Waals surface area contributed by atoms with Gasteiger partial charge in [0.2, 0.25) is 5.82 Å². The Morgan fingerprint density at radius 2 is 2.15 bits per heavy atom. The molecule has 0 unspecified atom stereocenters. The highest BCUT2D eigenvalue weighted by atomic mass is 19.2. The van der Waals surface area contributed by atoms with Crippen LogP contribution in [-0.2, 0) is 4.74 Å². The maximum Gasteiger partial charge on any atom is 0.310 e. The van der Waals surface area contributed by atoms with Crippen LogP contribution >= 0.6 is 0 Å². The first-order valence-corrected chi connectivity index (χ1v) is 7.67. The van der Waals surface area contributed by atoms with Crippen molar-refractivity contribution in [1.82, 2.24) is 9.55 Å². The van der Waals surface area contributed by atoms with E-state index in [1.807, 2.05) is 0 Å². The third-order valence-corrected chi connectivity index (χ3v) is 4.65. The molecule has 0 radical (unpaired) electrons. The Morgan fingerprint density at radius 1 is 1.42 bits per heavy atom. The highest BCUT2D eigenvalue weighted by molar-refractivity contribution is 6.06. The molecule has 4 N–H and O–H groups in total. The van der Waals surface area contributed by atoms with Crippen LogP contribution in [0.4, 0.5) is 20.4 Å². The van der Waals surface area contributed by atoms with Crippen LogP contribution < -0.4 is 10.9 Å². The van der Waals surface area contributed by atoms with Crippen molar-refractivity contribution < 1.29 is 28.8 Å². The van der Waals surface area contributed by atoms with E-state index in [1.165, 1.54) is 17.8 Å². The molecule has 26 heavy (non-hydrogen) atoms. The van der Waals surface area contributed by atoms with Gasteiger partial charge in [0.1, 0.15) is 29.4 Å². The van der Waals surface area contributed by atoms with Crippen LogP contribution in [0.2, 0.25) is 0 Å². The minimum Gasteiger partial charge on any atom is -0.394 e. The molecule has 0 spiro atoms. The average Bonchev–Trinajstić information content (AvgIpc) is 3.07. The van der Waals surface area contributed by atoms with Crippen molar-refractivity contribution in [3.05, 3.63) is 28.2 Å². The summed E-state index contributed by atoms with van der Waals surface area (Å²) in [5.74, 6) is -3.12. The lowest BCUT2D eigenvalue weighted by atomic mass is 9.96. The molecule has 4 rings (SSSR count). The number of hydrogen-bond acceptors (Lipinski definition) is 8. The molecule has 11 heteroatoms. The summed E-state index contributed by atoms with van der Waals surface area (Å²) in [5, 5.41) is 32.3. The number of aliphatic imine (C=N–C) groups is 1. The van der Waals surface area contributed by atoms with Gasteiger partial charge in [-0.1, -0.05) is 0 Å². The van der Waals surface area contributed by atoms with Gasteiger partial charge in [-0.3, -0.25) is 4.79 Å². The van der Waals surface area contributed by atoms with Crippen molar-refractivity contribution >= 4 is 28.7 Å². The summed E-state index contributed by atoms with van der Waals surface area (Å²) < 4.78 is 35.0. The van der Waals surface area contributed by atoms with E-state index in [0.717, 1.165) is 6.20 Å². The van der Waals surface area contributed by atoms with Crippen LogP contribution in [0, 0.1) is 11.6 Å². The molecule has 2 aliphatic rings. The Hall–Kier alpha value is -2.47. The summed E-state index contributed by atoms with van der Waals surface area (Å²) in [6.07, 6.45) is -1.48. The quantitative estimate of drug-likeness (QED) is 0.576. The lowest BCUT2D eigenvalue weighted by Gasteiger charge is -2.28. The first kappa shape index (κ1) is 17.0. The van der Waals surface area contributed by atoms with Crippen molar-refractivity contribution in [3.8, 4) is 0 Å². The van der Waals surface area contributed by atoms with E-state index in [9.17, 15) is 28.9 Å². The van der Waals surface area contributed by atoms with Crippen LogP contribution in [-0.4, -0.2) is 55.6 Å². The van der Waals surface area contributed by atoms with E-state index >= 15 is 0 Å². The summed E-state index contributed by atoms with van der Waals surface area (Å²) in [7, 11) is 0. The minimum absolute atomic E-state index is 0.0207. The van der Waals surface area contributed by atoms with Crippen LogP contribution in [0.15, 0.2) is 16.0 Å². The third-order valence-electron chi connectivity index (χ3n) is 4.65. The van der Waals surface area contributed by atoms with Gasteiger partial charge in [0.15, 0.2) is 12.0 Å². The van der Waals surface area contributed by atoms with Gasteiger partial charge in [-0.15, -0.1) is 0 Å². The molecule has 2 aromatic rings. The minimum atomic E-state index is -1.85. The van der Waals surface area contributed by atoms with Crippen LogP contribution in [0.25, 0.3) is 10.8 Å². The van der Waals surface area contributed by atoms with Gasteiger partial charge >= 0.3 is 5.56 Å². The number of aliphatic hydroxyl groups excluding tert-OH is 2. The molecule has 9 nitrogen and oxygen atoms in total. The fourth-order valence-electron chi connectivity index (χ4n) is 3.29. The van der Waals surface area contributed by atoms with E-state index in [-0.39, 0.29) is 22.4 Å². The summed E-state index contributed by atoms with van der Waals surface area (Å²) in [6, 6.07) is 0. The predicted octanol–water partition coefficient (Wildman–Crippen LogP) is -0.238. The van der Waals surface area contributed by atoms with E-state index in [1.54, 1.807) is 0 Å². The van der Waals surface area contributed by atoms with Gasteiger partial charge in [0.25, 0.3) is 0 Å². The maximum absolute atomic E-state index is 14.4. The molecule has 0 amide bonds. The molecule has 0 aliphatic carbocycles. The maximum atomic E-state index is 14.4. The molecule has 2 aromatic heterocycles. The molecule has 4 atom stereocenters. The number of anilines is 1. The molecule has 4 heterocycles. The first-order valence-electron chi connectivity index (χ1n) is 7.67.